The summed E-state index contributed by atoms with van der Waals surface area (Å²) in [6, 6.07) is 2.16. The van der Waals surface area contributed by atoms with E-state index >= 15 is 0 Å². The third-order valence-corrected chi connectivity index (χ3v) is 6.01. The molecule has 0 aliphatic carbocycles. The number of alkyl halides is 3. The first-order valence-electron chi connectivity index (χ1n) is 7.12. The summed E-state index contributed by atoms with van der Waals surface area (Å²) in [7, 11) is -1.59. The summed E-state index contributed by atoms with van der Waals surface area (Å²) in [6.07, 6.45) is -8.44. The van der Waals surface area contributed by atoms with E-state index in [2.05, 4.69) is 4.98 Å². The van der Waals surface area contributed by atoms with Crippen LogP contribution < -0.4 is 0 Å². The monoisotopic (exact) mass is 389 g/mol. The van der Waals surface area contributed by atoms with Crippen LogP contribution in [0.1, 0.15) is 39.8 Å². The fourth-order valence-corrected chi connectivity index (χ4v) is 3.53. The van der Waals surface area contributed by atoms with Gasteiger partial charge in [0.15, 0.2) is 6.10 Å². The molecule has 138 valence electrons. The lowest BCUT2D eigenvalue weighted by Gasteiger charge is -2.34. The van der Waals surface area contributed by atoms with Gasteiger partial charge in [-0.25, -0.2) is 9.37 Å². The minimum Gasteiger partial charge on any atom is -0.384 e. The Morgan fingerprint density at radius 1 is 1.25 bits per heavy atom. The number of aliphatic hydroxyl groups is 1. The van der Waals surface area contributed by atoms with E-state index in [0.29, 0.717) is 0 Å². The molecule has 1 aromatic rings. The highest BCUT2D eigenvalue weighted by Crippen LogP contribution is 2.37. The van der Waals surface area contributed by atoms with Crippen molar-refractivity contribution in [3.63, 3.8) is 0 Å². The van der Waals surface area contributed by atoms with Gasteiger partial charge in [-0.05, 0) is 39.3 Å². The fraction of sp³-hybridized carbons (Fsp3) is 0.667. The number of nitrogens with zero attached hydrogens (tertiary/aromatic N) is 1. The molecule has 3 nitrogen and oxygen atoms in total. The van der Waals surface area contributed by atoms with Gasteiger partial charge in [-0.2, -0.15) is 13.2 Å². The van der Waals surface area contributed by atoms with Gasteiger partial charge in [-0.3, -0.25) is 4.21 Å². The Kier molecular flexibility index (Phi) is 6.44. The molecule has 0 amide bonds. The molecule has 0 saturated heterocycles. The highest BCUT2D eigenvalue weighted by atomic mass is 35.5. The van der Waals surface area contributed by atoms with E-state index in [4.69, 9.17) is 11.6 Å². The van der Waals surface area contributed by atoms with Crippen molar-refractivity contribution in [1.82, 2.24) is 4.98 Å². The van der Waals surface area contributed by atoms with Gasteiger partial charge in [0.05, 0.1) is 5.69 Å². The molecular formula is C15H20ClF4NO2S. The van der Waals surface area contributed by atoms with Crippen molar-refractivity contribution in [2.45, 2.75) is 56.6 Å². The standard InChI is InChI=1S/C15H20ClF4NO2S/c1-13(2,3)24(23)8-14(4,7-10(22)15(18,19)20)12-9(17)5-6-11(16)21-12/h5-6,10,22H,7-8H2,1-4H3/t10-,14+,24-/m0/s1. The predicted molar refractivity (Wildman–Crippen MR) is 86.0 cm³/mol. The normalized spacial score (nSPS) is 18.1. The van der Waals surface area contributed by atoms with Crippen molar-refractivity contribution in [2.24, 2.45) is 0 Å². The van der Waals surface area contributed by atoms with E-state index in [1.54, 1.807) is 20.8 Å². The van der Waals surface area contributed by atoms with Gasteiger partial charge in [-0.1, -0.05) is 18.5 Å². The molecule has 24 heavy (non-hydrogen) atoms. The number of aliphatic hydroxyl groups excluding tert-OH is 1. The number of aromatic nitrogens is 1. The molecule has 3 atom stereocenters. The van der Waals surface area contributed by atoms with Gasteiger partial charge in [-0.15, -0.1) is 0 Å². The van der Waals surface area contributed by atoms with E-state index in [9.17, 15) is 26.9 Å². The average Bonchev–Trinajstić information content (AvgIpc) is 2.39. The van der Waals surface area contributed by atoms with Gasteiger partial charge in [0.2, 0.25) is 0 Å². The van der Waals surface area contributed by atoms with Crippen molar-refractivity contribution in [3.05, 3.63) is 28.8 Å². The van der Waals surface area contributed by atoms with Crippen molar-refractivity contribution >= 4 is 22.4 Å². The Labute approximate surface area is 145 Å². The fourth-order valence-electron chi connectivity index (χ4n) is 2.11. The van der Waals surface area contributed by atoms with Crippen LogP contribution in [0.3, 0.4) is 0 Å². The molecule has 0 fully saturated rings. The molecule has 0 aliphatic heterocycles. The molecule has 1 rings (SSSR count). The van der Waals surface area contributed by atoms with E-state index < -0.39 is 45.5 Å². The molecule has 9 heteroatoms. The van der Waals surface area contributed by atoms with Gasteiger partial charge >= 0.3 is 6.18 Å². The highest BCUT2D eigenvalue weighted by molar-refractivity contribution is 7.86. The Balaban J connectivity index is 3.35. The van der Waals surface area contributed by atoms with Crippen LogP contribution in [0.4, 0.5) is 17.6 Å². The van der Waals surface area contributed by atoms with Crippen LogP contribution in [-0.2, 0) is 16.2 Å². The summed E-state index contributed by atoms with van der Waals surface area (Å²) in [5.41, 5.74) is -1.95. The first kappa shape index (κ1) is 21.3. The minimum atomic E-state index is -4.88. The van der Waals surface area contributed by atoms with E-state index in [1.807, 2.05) is 0 Å². The Morgan fingerprint density at radius 3 is 2.25 bits per heavy atom. The van der Waals surface area contributed by atoms with Gasteiger partial charge in [0.1, 0.15) is 11.0 Å². The van der Waals surface area contributed by atoms with Crippen LogP contribution in [-0.4, -0.2) is 37.1 Å². The SMILES string of the molecule is CC(C)(C)[S@@](=O)C[C@@](C)(C[C@H](O)C(F)(F)F)c1nc(Cl)ccc1F. The second-order valence-electron chi connectivity index (χ2n) is 6.89. The van der Waals surface area contributed by atoms with Crippen LogP contribution >= 0.6 is 11.6 Å². The maximum absolute atomic E-state index is 14.2. The number of hydrogen-bond acceptors (Lipinski definition) is 3. The van der Waals surface area contributed by atoms with Crippen LogP contribution in [0.5, 0.6) is 0 Å². The molecule has 1 aromatic heterocycles. The molecular weight excluding hydrogens is 370 g/mol. The lowest BCUT2D eigenvalue weighted by molar-refractivity contribution is -0.209. The van der Waals surface area contributed by atoms with Gasteiger partial charge in [0, 0.05) is 26.7 Å². The lowest BCUT2D eigenvalue weighted by Crippen LogP contribution is -2.43. The molecule has 0 saturated carbocycles. The van der Waals surface area contributed by atoms with Gasteiger partial charge < -0.3 is 5.11 Å². The van der Waals surface area contributed by atoms with Crippen molar-refractivity contribution in [2.75, 3.05) is 5.75 Å². The summed E-state index contributed by atoms with van der Waals surface area (Å²) in [5.74, 6) is -1.16. The Hall–Kier alpha value is -0.730. The van der Waals surface area contributed by atoms with Crippen molar-refractivity contribution in [3.8, 4) is 0 Å². The summed E-state index contributed by atoms with van der Waals surface area (Å²) in [4.78, 5) is 3.79. The summed E-state index contributed by atoms with van der Waals surface area (Å²) in [6.45, 7) is 6.27. The second kappa shape index (κ2) is 7.25. The molecule has 0 radical (unpaired) electrons. The largest absolute Gasteiger partial charge is 0.414 e. The van der Waals surface area contributed by atoms with Crippen molar-refractivity contribution in [1.29, 1.82) is 0 Å². The second-order valence-corrected chi connectivity index (χ2v) is 9.48. The maximum atomic E-state index is 14.2. The topological polar surface area (TPSA) is 50.2 Å². The molecule has 0 aromatic carbocycles. The van der Waals surface area contributed by atoms with Crippen molar-refractivity contribution < 1.29 is 26.9 Å². The zero-order chi connectivity index (χ0) is 18.9. The molecule has 0 spiro atoms. The first-order valence-corrected chi connectivity index (χ1v) is 8.82. The predicted octanol–water partition coefficient (Wildman–Crippen LogP) is 3.99. The summed E-state index contributed by atoms with van der Waals surface area (Å²) in [5, 5.41) is 9.35. The third-order valence-electron chi connectivity index (χ3n) is 3.54. The third kappa shape index (κ3) is 5.39. The first-order chi connectivity index (χ1) is 10.7. The minimum absolute atomic E-state index is 0.0966. The molecule has 0 bridgehead atoms. The van der Waals surface area contributed by atoms with Crippen LogP contribution in [0, 0.1) is 5.82 Å². The molecule has 0 unspecified atom stereocenters. The van der Waals surface area contributed by atoms with E-state index in [0.717, 1.165) is 6.07 Å². The molecule has 1 N–H and O–H groups in total. The van der Waals surface area contributed by atoms with Crippen LogP contribution in [0.15, 0.2) is 12.1 Å². The van der Waals surface area contributed by atoms with Crippen LogP contribution in [0.25, 0.3) is 0 Å². The highest BCUT2D eigenvalue weighted by Gasteiger charge is 2.46. The van der Waals surface area contributed by atoms with Gasteiger partial charge in [0.25, 0.3) is 0 Å². The van der Waals surface area contributed by atoms with Crippen LogP contribution in [0.2, 0.25) is 5.15 Å². The maximum Gasteiger partial charge on any atom is 0.414 e. The zero-order valence-corrected chi connectivity index (χ0v) is 15.3. The van der Waals surface area contributed by atoms with E-state index in [-0.39, 0.29) is 16.6 Å². The lowest BCUT2D eigenvalue weighted by atomic mass is 9.82. The van der Waals surface area contributed by atoms with E-state index in [1.165, 1.54) is 13.0 Å². The zero-order valence-electron chi connectivity index (χ0n) is 13.7. The average molecular weight is 390 g/mol. The summed E-state index contributed by atoms with van der Waals surface area (Å²) >= 11 is 5.74. The smallest absolute Gasteiger partial charge is 0.384 e. The number of hydrogen-bond donors (Lipinski definition) is 1. The number of halogens is 5. The Morgan fingerprint density at radius 2 is 1.79 bits per heavy atom. The molecule has 0 aliphatic rings. The number of pyridine rings is 1. The molecule has 1 heterocycles. The summed E-state index contributed by atoms with van der Waals surface area (Å²) < 4.78 is 64.2. The Bertz CT molecular complexity index is 618. The quantitative estimate of drug-likeness (QED) is 0.612. The number of rotatable bonds is 5.